The van der Waals surface area contributed by atoms with Crippen LogP contribution in [0.25, 0.3) is 17.1 Å². The Morgan fingerprint density at radius 3 is 2.62 bits per heavy atom. The molecule has 1 unspecified atom stereocenters. The molecule has 0 bridgehead atoms. The zero-order valence-corrected chi connectivity index (χ0v) is 18.5. The number of hydrogen-bond donors (Lipinski definition) is 1. The van der Waals surface area contributed by atoms with Crippen LogP contribution < -0.4 is 15.0 Å². The second kappa shape index (κ2) is 9.14. The normalized spacial score (nSPS) is 13.7. The highest BCUT2D eigenvalue weighted by molar-refractivity contribution is 6.10. The molecule has 0 aliphatic carbocycles. The zero-order chi connectivity index (χ0) is 23.5. The van der Waals surface area contributed by atoms with Crippen LogP contribution in [0.4, 0.5) is 11.5 Å². The standard InChI is InChI=1S/C25H22N6O3/c1-2-21(34-23-11-8-17(15-27-23)30-13-5-6-14-30)25(33)31-16-22(32)28-20-10-9-19(29-24(20)31)18-7-3-4-12-26-18/h3-15,21H,2,16H2,1H3,(H,28,32). The molecule has 0 spiro atoms. The highest BCUT2D eigenvalue weighted by atomic mass is 16.5. The first kappa shape index (κ1) is 21.3. The summed E-state index contributed by atoms with van der Waals surface area (Å²) < 4.78 is 7.86. The molecular weight excluding hydrogens is 432 g/mol. The molecule has 0 saturated heterocycles. The summed E-state index contributed by atoms with van der Waals surface area (Å²) in [6.07, 6.45) is 6.76. The molecule has 9 nitrogen and oxygen atoms in total. The Kier molecular flexibility index (Phi) is 5.73. The van der Waals surface area contributed by atoms with Gasteiger partial charge in [-0.1, -0.05) is 13.0 Å². The molecule has 4 aromatic rings. The van der Waals surface area contributed by atoms with Gasteiger partial charge in [0.25, 0.3) is 5.91 Å². The van der Waals surface area contributed by atoms with Gasteiger partial charge in [-0.05, 0) is 48.9 Å². The number of amides is 2. The molecule has 0 radical (unpaired) electrons. The Labute approximate surface area is 196 Å². The maximum atomic E-state index is 13.5. The van der Waals surface area contributed by atoms with Crippen molar-refractivity contribution in [1.29, 1.82) is 0 Å². The molecule has 1 atom stereocenters. The van der Waals surface area contributed by atoms with Gasteiger partial charge >= 0.3 is 0 Å². The second-order valence-electron chi connectivity index (χ2n) is 7.71. The van der Waals surface area contributed by atoms with Gasteiger partial charge in [0.15, 0.2) is 11.9 Å². The van der Waals surface area contributed by atoms with Crippen molar-refractivity contribution >= 4 is 23.3 Å². The van der Waals surface area contributed by atoms with E-state index in [1.165, 1.54) is 4.90 Å². The molecule has 0 saturated carbocycles. The molecule has 5 heterocycles. The number of anilines is 2. The topological polar surface area (TPSA) is 102 Å². The number of rotatable bonds is 6. The van der Waals surface area contributed by atoms with Crippen molar-refractivity contribution in [3.05, 3.63) is 79.4 Å². The summed E-state index contributed by atoms with van der Waals surface area (Å²) in [7, 11) is 0. The molecule has 1 aliphatic heterocycles. The van der Waals surface area contributed by atoms with Gasteiger partial charge in [0.05, 0.1) is 29.0 Å². The van der Waals surface area contributed by atoms with E-state index >= 15 is 0 Å². The first-order valence-corrected chi connectivity index (χ1v) is 10.9. The van der Waals surface area contributed by atoms with Crippen molar-refractivity contribution in [2.24, 2.45) is 0 Å². The number of pyridine rings is 3. The number of carbonyl (C=O) groups is 2. The minimum Gasteiger partial charge on any atom is -0.464 e. The fourth-order valence-corrected chi connectivity index (χ4v) is 3.73. The molecule has 9 heteroatoms. The number of aromatic nitrogens is 4. The molecule has 170 valence electrons. The Balaban J connectivity index is 1.40. The maximum absolute atomic E-state index is 13.5. The number of ether oxygens (including phenoxy) is 1. The number of nitrogens with zero attached hydrogens (tertiary/aromatic N) is 5. The van der Waals surface area contributed by atoms with E-state index in [0.29, 0.717) is 35.2 Å². The second-order valence-corrected chi connectivity index (χ2v) is 7.71. The summed E-state index contributed by atoms with van der Waals surface area (Å²) in [5.41, 5.74) is 2.62. The van der Waals surface area contributed by atoms with Gasteiger partial charge in [-0.25, -0.2) is 9.97 Å². The molecule has 2 amide bonds. The number of fused-ring (bicyclic) bond motifs is 1. The van der Waals surface area contributed by atoms with Crippen LogP contribution in [0.5, 0.6) is 5.88 Å². The minimum atomic E-state index is -0.830. The van der Waals surface area contributed by atoms with Crippen LogP contribution in [0.15, 0.2) is 79.4 Å². The van der Waals surface area contributed by atoms with Crippen LogP contribution in [0.1, 0.15) is 13.3 Å². The van der Waals surface area contributed by atoms with Crippen LogP contribution in [0.2, 0.25) is 0 Å². The van der Waals surface area contributed by atoms with E-state index in [1.807, 2.05) is 60.3 Å². The van der Waals surface area contributed by atoms with Gasteiger partial charge in [0.2, 0.25) is 11.8 Å². The van der Waals surface area contributed by atoms with Gasteiger partial charge in [0.1, 0.15) is 6.54 Å². The Morgan fingerprint density at radius 2 is 1.91 bits per heavy atom. The SMILES string of the molecule is CCC(Oc1ccc(-n2cccc2)cn1)C(=O)N1CC(=O)Nc2ccc(-c3ccccn3)nc21. The van der Waals surface area contributed by atoms with Gasteiger partial charge in [-0.15, -0.1) is 0 Å². The number of hydrogen-bond acceptors (Lipinski definition) is 6. The average molecular weight is 454 g/mol. The van der Waals surface area contributed by atoms with Gasteiger partial charge in [-0.2, -0.15) is 0 Å². The quantitative estimate of drug-likeness (QED) is 0.479. The third-order valence-electron chi connectivity index (χ3n) is 5.43. The molecule has 1 aliphatic rings. The van der Waals surface area contributed by atoms with Crippen molar-refractivity contribution in [3.8, 4) is 23.0 Å². The van der Waals surface area contributed by atoms with E-state index in [9.17, 15) is 9.59 Å². The fraction of sp³-hybridized carbons (Fsp3) is 0.160. The first-order valence-electron chi connectivity index (χ1n) is 10.9. The monoisotopic (exact) mass is 454 g/mol. The Hall–Kier alpha value is -4.53. The molecule has 0 aromatic carbocycles. The van der Waals surface area contributed by atoms with Crippen molar-refractivity contribution < 1.29 is 14.3 Å². The van der Waals surface area contributed by atoms with Gasteiger partial charge in [0, 0.05) is 24.7 Å². The smallest absolute Gasteiger partial charge is 0.269 e. The molecule has 5 rings (SSSR count). The van der Waals surface area contributed by atoms with E-state index in [1.54, 1.807) is 30.6 Å². The van der Waals surface area contributed by atoms with Crippen molar-refractivity contribution in [2.75, 3.05) is 16.8 Å². The predicted molar refractivity (Wildman–Crippen MR) is 127 cm³/mol. The number of carbonyl (C=O) groups excluding carboxylic acids is 2. The third-order valence-corrected chi connectivity index (χ3v) is 5.43. The summed E-state index contributed by atoms with van der Waals surface area (Å²) >= 11 is 0. The van der Waals surface area contributed by atoms with Crippen molar-refractivity contribution in [2.45, 2.75) is 19.4 Å². The lowest BCUT2D eigenvalue weighted by atomic mass is 10.1. The van der Waals surface area contributed by atoms with Crippen LogP contribution in [0, 0.1) is 0 Å². The third kappa shape index (κ3) is 4.23. The highest BCUT2D eigenvalue weighted by Gasteiger charge is 2.33. The largest absolute Gasteiger partial charge is 0.464 e. The number of nitrogens with one attached hydrogen (secondary N) is 1. The van der Waals surface area contributed by atoms with E-state index in [-0.39, 0.29) is 18.4 Å². The van der Waals surface area contributed by atoms with Gasteiger partial charge < -0.3 is 14.6 Å². The van der Waals surface area contributed by atoms with E-state index in [2.05, 4.69) is 20.3 Å². The van der Waals surface area contributed by atoms with Gasteiger partial charge in [-0.3, -0.25) is 19.5 Å². The Morgan fingerprint density at radius 1 is 1.06 bits per heavy atom. The Bertz CT molecular complexity index is 1310. The maximum Gasteiger partial charge on any atom is 0.269 e. The summed E-state index contributed by atoms with van der Waals surface area (Å²) in [6.45, 7) is 1.70. The summed E-state index contributed by atoms with van der Waals surface area (Å²) in [4.78, 5) is 40.5. The van der Waals surface area contributed by atoms with Crippen LogP contribution in [0.3, 0.4) is 0 Å². The van der Waals surface area contributed by atoms with E-state index in [0.717, 1.165) is 5.69 Å². The average Bonchev–Trinajstić information content (AvgIpc) is 3.42. The first-order chi connectivity index (χ1) is 16.6. The molecular formula is C25H22N6O3. The summed E-state index contributed by atoms with van der Waals surface area (Å²) in [6, 6.07) is 16.5. The van der Waals surface area contributed by atoms with Crippen LogP contribution >= 0.6 is 0 Å². The molecule has 1 N–H and O–H groups in total. The predicted octanol–water partition coefficient (Wildman–Crippen LogP) is 3.47. The van der Waals surface area contributed by atoms with Crippen molar-refractivity contribution in [3.63, 3.8) is 0 Å². The lowest BCUT2D eigenvalue weighted by molar-refractivity contribution is -0.127. The van der Waals surface area contributed by atoms with E-state index < -0.39 is 6.10 Å². The highest BCUT2D eigenvalue weighted by Crippen LogP contribution is 2.31. The lowest BCUT2D eigenvalue weighted by Gasteiger charge is -2.30. The molecule has 0 fully saturated rings. The summed E-state index contributed by atoms with van der Waals surface area (Å²) in [5, 5.41) is 2.78. The summed E-state index contributed by atoms with van der Waals surface area (Å²) in [5.74, 6) is 0.0385. The van der Waals surface area contributed by atoms with Crippen LogP contribution in [-0.4, -0.2) is 44.0 Å². The van der Waals surface area contributed by atoms with Crippen molar-refractivity contribution in [1.82, 2.24) is 19.5 Å². The minimum absolute atomic E-state index is 0.148. The fourth-order valence-electron chi connectivity index (χ4n) is 3.73. The van der Waals surface area contributed by atoms with Crippen LogP contribution in [-0.2, 0) is 9.59 Å². The lowest BCUT2D eigenvalue weighted by Crippen LogP contribution is -2.48. The molecule has 4 aromatic heterocycles. The van der Waals surface area contributed by atoms with E-state index in [4.69, 9.17) is 4.74 Å². The molecule has 34 heavy (non-hydrogen) atoms. The zero-order valence-electron chi connectivity index (χ0n) is 18.5.